The summed E-state index contributed by atoms with van der Waals surface area (Å²) in [7, 11) is 3.31. The second kappa shape index (κ2) is 9.00. The van der Waals surface area contributed by atoms with Crippen LogP contribution in [0.25, 0.3) is 11.1 Å². The molecule has 1 aliphatic rings. The fourth-order valence-corrected chi connectivity index (χ4v) is 3.67. The van der Waals surface area contributed by atoms with Crippen molar-refractivity contribution in [2.75, 3.05) is 33.9 Å². The van der Waals surface area contributed by atoms with Crippen LogP contribution in [0.15, 0.2) is 36.4 Å². The van der Waals surface area contributed by atoms with Crippen molar-refractivity contribution in [3.05, 3.63) is 47.8 Å². The highest BCUT2D eigenvalue weighted by atomic mass is 16.5. The monoisotopic (exact) mass is 368 g/mol. The Labute approximate surface area is 161 Å². The lowest BCUT2D eigenvalue weighted by atomic mass is 9.92. The maximum atomic E-state index is 12.4. The summed E-state index contributed by atoms with van der Waals surface area (Å²) in [6.45, 7) is 4.06. The molecule has 0 saturated carbocycles. The fourth-order valence-electron chi connectivity index (χ4n) is 3.67. The van der Waals surface area contributed by atoms with E-state index < -0.39 is 0 Å². The van der Waals surface area contributed by atoms with E-state index in [0.717, 1.165) is 54.2 Å². The number of aryl methyl sites for hydroxylation is 1. The van der Waals surface area contributed by atoms with Crippen LogP contribution in [0.5, 0.6) is 5.75 Å². The van der Waals surface area contributed by atoms with Crippen molar-refractivity contribution in [1.29, 1.82) is 0 Å². The molecule has 1 atom stereocenters. The highest BCUT2D eigenvalue weighted by molar-refractivity contribution is 5.76. The third-order valence-electron chi connectivity index (χ3n) is 5.09. The molecule has 5 heteroatoms. The Hall–Kier alpha value is -2.40. The number of likely N-dealkylation sites (tertiary alicyclic amines) is 1. The normalized spacial score (nSPS) is 17.0. The second-order valence-corrected chi connectivity index (χ2v) is 7.08. The standard InChI is InChI=1S/C22H28N2O3/c1-16-12-19(17-6-4-8-20(13-17)27-3)14-21(23-16)18-7-5-10-24(15-18)22(25)9-11-26-2/h4,6,8,12-14,18H,5,7,9-11,15H2,1-3H3. The molecule has 0 radical (unpaired) electrons. The van der Waals surface area contributed by atoms with Crippen LogP contribution in [-0.4, -0.2) is 49.7 Å². The molecule has 2 aromatic rings. The minimum Gasteiger partial charge on any atom is -0.497 e. The summed E-state index contributed by atoms with van der Waals surface area (Å²) in [5, 5.41) is 0. The van der Waals surface area contributed by atoms with Gasteiger partial charge >= 0.3 is 0 Å². The molecular formula is C22H28N2O3. The predicted octanol–water partition coefficient (Wildman–Crippen LogP) is 3.81. The summed E-state index contributed by atoms with van der Waals surface area (Å²) in [5.74, 6) is 1.29. The van der Waals surface area contributed by atoms with Crippen molar-refractivity contribution in [2.45, 2.75) is 32.1 Å². The van der Waals surface area contributed by atoms with Gasteiger partial charge in [-0.15, -0.1) is 0 Å². The van der Waals surface area contributed by atoms with Gasteiger partial charge in [0.25, 0.3) is 0 Å². The van der Waals surface area contributed by atoms with Crippen LogP contribution in [0, 0.1) is 6.92 Å². The molecule has 1 amide bonds. The topological polar surface area (TPSA) is 51.7 Å². The van der Waals surface area contributed by atoms with Gasteiger partial charge in [0.05, 0.1) is 20.1 Å². The number of amides is 1. The van der Waals surface area contributed by atoms with E-state index in [1.807, 2.05) is 30.0 Å². The molecule has 0 N–H and O–H groups in total. The molecule has 3 rings (SSSR count). The molecule has 1 unspecified atom stereocenters. The zero-order valence-corrected chi connectivity index (χ0v) is 16.4. The van der Waals surface area contributed by atoms with Gasteiger partial charge in [0.15, 0.2) is 0 Å². The van der Waals surface area contributed by atoms with Gasteiger partial charge in [-0.05, 0) is 55.2 Å². The lowest BCUT2D eigenvalue weighted by Crippen LogP contribution is -2.39. The number of methoxy groups -OCH3 is 2. The molecule has 1 fully saturated rings. The van der Waals surface area contributed by atoms with Gasteiger partial charge in [-0.2, -0.15) is 0 Å². The lowest BCUT2D eigenvalue weighted by Gasteiger charge is -2.33. The molecule has 0 bridgehead atoms. The number of carbonyl (C=O) groups excluding carboxylic acids is 1. The molecule has 1 aliphatic heterocycles. The number of hydrogen-bond donors (Lipinski definition) is 0. The Morgan fingerprint density at radius 1 is 1.22 bits per heavy atom. The molecule has 144 valence electrons. The average molecular weight is 368 g/mol. The van der Waals surface area contributed by atoms with Crippen LogP contribution in [0.2, 0.25) is 0 Å². The quantitative estimate of drug-likeness (QED) is 0.778. The van der Waals surface area contributed by atoms with Gasteiger partial charge in [-0.25, -0.2) is 0 Å². The number of aromatic nitrogens is 1. The second-order valence-electron chi connectivity index (χ2n) is 7.08. The molecule has 1 saturated heterocycles. The van der Waals surface area contributed by atoms with Gasteiger partial charge in [-0.1, -0.05) is 12.1 Å². The first-order chi connectivity index (χ1) is 13.1. The van der Waals surface area contributed by atoms with Gasteiger partial charge in [0.1, 0.15) is 5.75 Å². The highest BCUT2D eigenvalue weighted by Crippen LogP contribution is 2.31. The van der Waals surface area contributed by atoms with Crippen molar-refractivity contribution < 1.29 is 14.3 Å². The van der Waals surface area contributed by atoms with E-state index in [0.29, 0.717) is 13.0 Å². The Morgan fingerprint density at radius 3 is 2.85 bits per heavy atom. The zero-order valence-electron chi connectivity index (χ0n) is 16.4. The van der Waals surface area contributed by atoms with Gasteiger partial charge in [0, 0.05) is 37.5 Å². The van der Waals surface area contributed by atoms with E-state index in [1.54, 1.807) is 14.2 Å². The van der Waals surface area contributed by atoms with Crippen molar-refractivity contribution in [1.82, 2.24) is 9.88 Å². The van der Waals surface area contributed by atoms with E-state index in [2.05, 4.69) is 18.2 Å². The zero-order chi connectivity index (χ0) is 19.2. The van der Waals surface area contributed by atoms with Crippen molar-refractivity contribution in [2.24, 2.45) is 0 Å². The summed E-state index contributed by atoms with van der Waals surface area (Å²) in [4.78, 5) is 19.1. The summed E-state index contributed by atoms with van der Waals surface area (Å²) in [6.07, 6.45) is 2.51. The van der Waals surface area contributed by atoms with Gasteiger partial charge in [0.2, 0.25) is 5.91 Å². The van der Waals surface area contributed by atoms with Crippen LogP contribution in [-0.2, 0) is 9.53 Å². The van der Waals surface area contributed by atoms with E-state index in [-0.39, 0.29) is 11.8 Å². The van der Waals surface area contributed by atoms with E-state index in [1.165, 1.54) is 0 Å². The maximum absolute atomic E-state index is 12.4. The number of piperidine rings is 1. The van der Waals surface area contributed by atoms with Crippen LogP contribution < -0.4 is 4.74 Å². The molecular weight excluding hydrogens is 340 g/mol. The fraction of sp³-hybridized carbons (Fsp3) is 0.455. The van der Waals surface area contributed by atoms with Crippen LogP contribution in [0.1, 0.15) is 36.6 Å². The largest absolute Gasteiger partial charge is 0.497 e. The van der Waals surface area contributed by atoms with E-state index in [9.17, 15) is 4.79 Å². The van der Waals surface area contributed by atoms with E-state index >= 15 is 0 Å². The van der Waals surface area contributed by atoms with E-state index in [4.69, 9.17) is 14.5 Å². The van der Waals surface area contributed by atoms with Crippen LogP contribution in [0.3, 0.4) is 0 Å². The maximum Gasteiger partial charge on any atom is 0.224 e. The number of pyridine rings is 1. The molecule has 0 spiro atoms. The minimum absolute atomic E-state index is 0.169. The first-order valence-corrected chi connectivity index (χ1v) is 9.50. The van der Waals surface area contributed by atoms with Crippen molar-refractivity contribution in [3.63, 3.8) is 0 Å². The summed E-state index contributed by atoms with van der Waals surface area (Å²) < 4.78 is 10.4. The Kier molecular flexibility index (Phi) is 6.45. The van der Waals surface area contributed by atoms with Gasteiger partial charge in [-0.3, -0.25) is 9.78 Å². The average Bonchev–Trinajstić information content (AvgIpc) is 2.71. The number of carbonyl (C=O) groups is 1. The van der Waals surface area contributed by atoms with Crippen molar-refractivity contribution in [3.8, 4) is 16.9 Å². The minimum atomic E-state index is 0.169. The third kappa shape index (κ3) is 4.86. The number of hydrogen-bond acceptors (Lipinski definition) is 4. The smallest absolute Gasteiger partial charge is 0.224 e. The molecule has 27 heavy (non-hydrogen) atoms. The summed E-state index contributed by atoms with van der Waals surface area (Å²) in [6, 6.07) is 12.3. The summed E-state index contributed by atoms with van der Waals surface area (Å²) >= 11 is 0. The van der Waals surface area contributed by atoms with Crippen molar-refractivity contribution >= 4 is 5.91 Å². The SMILES string of the molecule is COCCC(=O)N1CCCC(c2cc(-c3cccc(OC)c3)cc(C)n2)C1. The number of nitrogens with zero attached hydrogens (tertiary/aromatic N) is 2. The third-order valence-corrected chi connectivity index (χ3v) is 5.09. The number of rotatable bonds is 6. The first-order valence-electron chi connectivity index (χ1n) is 9.50. The Morgan fingerprint density at radius 2 is 2.07 bits per heavy atom. The van der Waals surface area contributed by atoms with Crippen LogP contribution in [0.4, 0.5) is 0 Å². The Balaban J connectivity index is 1.82. The highest BCUT2D eigenvalue weighted by Gasteiger charge is 2.25. The first kappa shape index (κ1) is 19.4. The molecule has 1 aromatic carbocycles. The molecule has 2 heterocycles. The molecule has 1 aromatic heterocycles. The lowest BCUT2D eigenvalue weighted by molar-refractivity contribution is -0.133. The molecule has 0 aliphatic carbocycles. The number of benzene rings is 1. The Bertz CT molecular complexity index is 791. The summed E-state index contributed by atoms with van der Waals surface area (Å²) in [5.41, 5.74) is 4.31. The van der Waals surface area contributed by atoms with Crippen LogP contribution >= 0.6 is 0 Å². The molecule has 5 nitrogen and oxygen atoms in total. The van der Waals surface area contributed by atoms with Gasteiger partial charge < -0.3 is 14.4 Å². The number of ether oxygens (including phenoxy) is 2. The predicted molar refractivity (Wildman–Crippen MR) is 106 cm³/mol.